The van der Waals surface area contributed by atoms with Gasteiger partial charge in [0.1, 0.15) is 5.88 Å². The Morgan fingerprint density at radius 1 is 1.44 bits per heavy atom. The third-order valence-electron chi connectivity index (χ3n) is 3.06. The van der Waals surface area contributed by atoms with Crippen molar-refractivity contribution in [3.8, 4) is 0 Å². The fraction of sp³-hybridized carbons (Fsp3) is 0.800. The van der Waals surface area contributed by atoms with Crippen LogP contribution < -0.4 is 4.90 Å². The number of hydrogen-bond donors (Lipinski definition) is 1. The fourth-order valence-electron chi connectivity index (χ4n) is 2.13. The molecule has 2 atom stereocenters. The lowest BCUT2D eigenvalue weighted by atomic mass is 9.92. The summed E-state index contributed by atoms with van der Waals surface area (Å²) in [5, 5.41) is 17.6. The van der Waals surface area contributed by atoms with Gasteiger partial charge in [-0.1, -0.05) is 17.9 Å². The van der Waals surface area contributed by atoms with Crippen molar-refractivity contribution >= 4 is 17.6 Å². The van der Waals surface area contributed by atoms with Crippen molar-refractivity contribution in [2.24, 2.45) is 0 Å². The molecule has 1 aromatic heterocycles. The summed E-state index contributed by atoms with van der Waals surface area (Å²) in [7, 11) is 1.87. The minimum Gasteiger partial charge on any atom is -0.407 e. The van der Waals surface area contributed by atoms with E-state index in [2.05, 4.69) is 10.2 Å². The number of aliphatic hydroxyl groups is 1. The highest BCUT2D eigenvalue weighted by Crippen LogP contribution is 2.25. The maximum Gasteiger partial charge on any atom is 0.318 e. The number of hydrogen-bond acceptors (Lipinski definition) is 5. The molecular weight excluding hydrogens is 230 g/mol. The number of likely N-dealkylation sites (N-methyl/N-ethyl adjacent to an activating group) is 1. The van der Waals surface area contributed by atoms with Crippen LogP contribution in [0.2, 0.25) is 0 Å². The van der Waals surface area contributed by atoms with Gasteiger partial charge in [0.15, 0.2) is 0 Å². The summed E-state index contributed by atoms with van der Waals surface area (Å²) in [5.74, 6) is 0.627. The average molecular weight is 246 g/mol. The first-order valence-electron chi connectivity index (χ1n) is 5.51. The molecule has 90 valence electrons. The molecule has 0 saturated heterocycles. The summed E-state index contributed by atoms with van der Waals surface area (Å²) in [6.07, 6.45) is 3.69. The zero-order chi connectivity index (χ0) is 11.5. The number of rotatable bonds is 3. The molecule has 6 heteroatoms. The number of anilines is 1. The molecule has 0 aromatic carbocycles. The Balaban J connectivity index is 2.07. The van der Waals surface area contributed by atoms with Crippen LogP contribution in [0.15, 0.2) is 4.42 Å². The summed E-state index contributed by atoms with van der Waals surface area (Å²) in [4.78, 5) is 1.85. The van der Waals surface area contributed by atoms with Gasteiger partial charge in [-0.15, -0.1) is 16.7 Å². The number of halogens is 1. The minimum absolute atomic E-state index is 0.0670. The molecule has 0 spiro atoms. The summed E-state index contributed by atoms with van der Waals surface area (Å²) >= 11 is 5.60. The fourth-order valence-corrected chi connectivity index (χ4v) is 2.23. The van der Waals surface area contributed by atoms with Crippen LogP contribution in [0.4, 0.5) is 6.01 Å². The van der Waals surface area contributed by atoms with Crippen molar-refractivity contribution in [1.82, 2.24) is 10.2 Å². The lowest BCUT2D eigenvalue weighted by Crippen LogP contribution is -2.43. The molecule has 0 radical (unpaired) electrons. The molecule has 1 fully saturated rings. The van der Waals surface area contributed by atoms with Crippen molar-refractivity contribution in [3.05, 3.63) is 5.89 Å². The van der Waals surface area contributed by atoms with E-state index in [1.54, 1.807) is 0 Å². The SMILES string of the molecule is CN(c1nnc(CCl)o1)C1CCCCC1O. The van der Waals surface area contributed by atoms with Crippen LogP contribution in [0.1, 0.15) is 31.6 Å². The third kappa shape index (κ3) is 2.30. The molecular formula is C10H16ClN3O2. The van der Waals surface area contributed by atoms with Crippen LogP contribution in [0.3, 0.4) is 0 Å². The zero-order valence-electron chi connectivity index (χ0n) is 9.27. The molecule has 5 nitrogen and oxygen atoms in total. The van der Waals surface area contributed by atoms with Gasteiger partial charge in [-0.05, 0) is 12.8 Å². The summed E-state index contributed by atoms with van der Waals surface area (Å²) in [6.45, 7) is 0. The highest BCUT2D eigenvalue weighted by Gasteiger charge is 2.29. The van der Waals surface area contributed by atoms with Crippen molar-refractivity contribution < 1.29 is 9.52 Å². The molecule has 1 aromatic rings. The molecule has 0 aliphatic heterocycles. The minimum atomic E-state index is -0.315. The standard InChI is InChI=1S/C10H16ClN3O2/c1-14(7-4-2-3-5-8(7)15)10-13-12-9(6-11)16-10/h7-8,15H,2-6H2,1H3. The summed E-state index contributed by atoms with van der Waals surface area (Å²) < 4.78 is 5.36. The van der Waals surface area contributed by atoms with Crippen molar-refractivity contribution in [1.29, 1.82) is 0 Å². The van der Waals surface area contributed by atoms with E-state index in [-0.39, 0.29) is 18.0 Å². The Morgan fingerprint density at radius 3 is 2.81 bits per heavy atom. The normalized spacial score (nSPS) is 25.7. The van der Waals surface area contributed by atoms with E-state index in [4.69, 9.17) is 16.0 Å². The Morgan fingerprint density at radius 2 is 2.19 bits per heavy atom. The molecule has 2 unspecified atom stereocenters. The van der Waals surface area contributed by atoms with E-state index in [0.29, 0.717) is 11.9 Å². The van der Waals surface area contributed by atoms with Gasteiger partial charge in [0.05, 0.1) is 12.1 Å². The van der Waals surface area contributed by atoms with Gasteiger partial charge in [0.25, 0.3) is 0 Å². The maximum absolute atomic E-state index is 9.91. The molecule has 2 rings (SSSR count). The molecule has 0 amide bonds. The topological polar surface area (TPSA) is 62.4 Å². The molecule has 16 heavy (non-hydrogen) atoms. The van der Waals surface area contributed by atoms with Crippen molar-refractivity contribution in [2.75, 3.05) is 11.9 Å². The maximum atomic E-state index is 9.91. The Kier molecular flexibility index (Phi) is 3.66. The van der Waals surface area contributed by atoms with Gasteiger partial charge in [0.2, 0.25) is 5.89 Å². The van der Waals surface area contributed by atoms with E-state index in [0.717, 1.165) is 25.7 Å². The Hall–Kier alpha value is -0.810. The van der Waals surface area contributed by atoms with Gasteiger partial charge in [0, 0.05) is 7.05 Å². The second-order valence-corrected chi connectivity index (χ2v) is 4.41. The third-order valence-corrected chi connectivity index (χ3v) is 3.29. The van der Waals surface area contributed by atoms with Crippen molar-refractivity contribution in [2.45, 2.75) is 43.7 Å². The molecule has 1 aliphatic carbocycles. The first-order valence-corrected chi connectivity index (χ1v) is 6.05. The summed E-state index contributed by atoms with van der Waals surface area (Å²) in [6, 6.07) is 0.499. The van der Waals surface area contributed by atoms with E-state index >= 15 is 0 Å². The number of aliphatic hydroxyl groups excluding tert-OH is 1. The van der Waals surface area contributed by atoms with Crippen LogP contribution in [-0.4, -0.2) is 34.5 Å². The Labute approximate surface area is 99.4 Å². The number of aromatic nitrogens is 2. The quantitative estimate of drug-likeness (QED) is 0.819. The molecule has 1 aliphatic rings. The Bertz CT molecular complexity index is 345. The first kappa shape index (κ1) is 11.7. The molecule has 0 bridgehead atoms. The van der Waals surface area contributed by atoms with Crippen LogP contribution in [0.5, 0.6) is 0 Å². The summed E-state index contributed by atoms with van der Waals surface area (Å²) in [5.41, 5.74) is 0. The lowest BCUT2D eigenvalue weighted by molar-refractivity contribution is 0.104. The van der Waals surface area contributed by atoms with Crippen LogP contribution in [0.25, 0.3) is 0 Å². The predicted molar refractivity (Wildman–Crippen MR) is 60.5 cm³/mol. The molecule has 1 N–H and O–H groups in total. The van der Waals surface area contributed by atoms with E-state index in [1.165, 1.54) is 0 Å². The smallest absolute Gasteiger partial charge is 0.318 e. The van der Waals surface area contributed by atoms with Gasteiger partial charge >= 0.3 is 6.01 Å². The van der Waals surface area contributed by atoms with Crippen LogP contribution >= 0.6 is 11.6 Å². The number of alkyl halides is 1. The highest BCUT2D eigenvalue weighted by atomic mass is 35.5. The second kappa shape index (κ2) is 5.01. The molecule has 1 saturated carbocycles. The highest BCUT2D eigenvalue weighted by molar-refractivity contribution is 6.16. The average Bonchev–Trinajstić information content (AvgIpc) is 2.77. The van der Waals surface area contributed by atoms with Gasteiger partial charge in [-0.3, -0.25) is 0 Å². The van der Waals surface area contributed by atoms with Crippen LogP contribution in [-0.2, 0) is 5.88 Å². The zero-order valence-corrected chi connectivity index (χ0v) is 10.0. The first-order chi connectivity index (χ1) is 7.72. The monoisotopic (exact) mass is 245 g/mol. The van der Waals surface area contributed by atoms with Gasteiger partial charge in [-0.2, -0.15) is 0 Å². The van der Waals surface area contributed by atoms with E-state index in [1.807, 2.05) is 11.9 Å². The lowest BCUT2D eigenvalue weighted by Gasteiger charge is -2.33. The number of nitrogens with zero attached hydrogens (tertiary/aromatic N) is 3. The van der Waals surface area contributed by atoms with E-state index < -0.39 is 0 Å². The van der Waals surface area contributed by atoms with Gasteiger partial charge in [-0.25, -0.2) is 0 Å². The predicted octanol–water partition coefficient (Wildman–Crippen LogP) is 1.55. The van der Waals surface area contributed by atoms with E-state index in [9.17, 15) is 5.11 Å². The molecule has 1 heterocycles. The van der Waals surface area contributed by atoms with Crippen LogP contribution in [0, 0.1) is 0 Å². The largest absolute Gasteiger partial charge is 0.407 e. The van der Waals surface area contributed by atoms with Crippen molar-refractivity contribution in [3.63, 3.8) is 0 Å². The van der Waals surface area contributed by atoms with Gasteiger partial charge < -0.3 is 14.4 Å². The second-order valence-electron chi connectivity index (χ2n) is 4.14.